The van der Waals surface area contributed by atoms with Crippen molar-refractivity contribution in [1.82, 2.24) is 30.0 Å². The van der Waals surface area contributed by atoms with E-state index in [9.17, 15) is 55.1 Å². The number of alkyl halides is 6. The van der Waals surface area contributed by atoms with Crippen molar-refractivity contribution in [3.05, 3.63) is 139 Å². The van der Waals surface area contributed by atoms with Crippen molar-refractivity contribution in [1.29, 1.82) is 0 Å². The molecule has 3 amide bonds. The topological polar surface area (TPSA) is 241 Å². The van der Waals surface area contributed by atoms with Crippen LogP contribution in [0.2, 0.25) is 0 Å². The zero-order chi connectivity index (χ0) is 64.4. The number of rotatable bonds is 17. The van der Waals surface area contributed by atoms with Gasteiger partial charge in [-0.2, -0.15) is 0 Å². The van der Waals surface area contributed by atoms with Crippen LogP contribution in [0.5, 0.6) is 0 Å². The second-order valence-electron chi connectivity index (χ2n) is 21.8. The van der Waals surface area contributed by atoms with E-state index in [1.807, 2.05) is 91.0 Å². The molecule has 2 fully saturated rings. The Morgan fingerprint density at radius 1 is 0.607 bits per heavy atom. The summed E-state index contributed by atoms with van der Waals surface area (Å²) >= 11 is 3.07. The first-order valence-corrected chi connectivity index (χ1v) is 30.4. The second-order valence-corrected chi connectivity index (χ2v) is 24.1. The van der Waals surface area contributed by atoms with E-state index in [1.54, 1.807) is 16.2 Å². The summed E-state index contributed by atoms with van der Waals surface area (Å²) in [7, 11) is 0. The van der Waals surface area contributed by atoms with Gasteiger partial charge >= 0.3 is 18.3 Å². The molecule has 2 aromatic heterocycles. The van der Waals surface area contributed by atoms with Gasteiger partial charge in [0.1, 0.15) is 31.4 Å². The van der Waals surface area contributed by atoms with Crippen molar-refractivity contribution in [3.8, 4) is 0 Å². The lowest BCUT2D eigenvalue weighted by atomic mass is 9.90. The van der Waals surface area contributed by atoms with Gasteiger partial charge < -0.3 is 45.1 Å². The van der Waals surface area contributed by atoms with E-state index in [4.69, 9.17) is 29.8 Å². The predicted molar refractivity (Wildman–Crippen MR) is 325 cm³/mol. The number of aromatic nitrogens is 2. The highest BCUT2D eigenvalue weighted by Gasteiger charge is 2.34. The molecule has 0 saturated carbocycles. The maximum absolute atomic E-state index is 13.0. The zero-order valence-electron chi connectivity index (χ0n) is 50.2. The van der Waals surface area contributed by atoms with Crippen LogP contribution in [0.25, 0.3) is 0 Å². The summed E-state index contributed by atoms with van der Waals surface area (Å²) in [6, 6.07) is 27.6. The lowest BCUT2D eigenvalue weighted by molar-refractivity contribution is -0.134. The van der Waals surface area contributed by atoms with Crippen molar-refractivity contribution >= 4 is 76.7 Å². The average molecular weight is 1310 g/mol. The van der Waals surface area contributed by atoms with Gasteiger partial charge in [-0.15, -0.1) is 35.1 Å². The van der Waals surface area contributed by atoms with E-state index in [1.165, 1.54) is 26.0 Å². The number of carbonyl (C=O) groups excluding carboxylic acids is 6. The zero-order valence-corrected chi connectivity index (χ0v) is 52.7. The Hall–Kier alpha value is -7.00. The molecule has 4 N–H and O–H groups in total. The highest BCUT2D eigenvalue weighted by atomic mass is 35.5. The molecule has 6 heterocycles. The van der Waals surface area contributed by atoms with Crippen LogP contribution >= 0.6 is 35.1 Å². The molecule has 2 atom stereocenters. The number of nitrogens with one attached hydrogen (secondary N) is 1. The molecule has 18 nitrogen and oxygen atoms in total. The average Bonchev–Trinajstić information content (AvgIpc) is 2.70. The second kappa shape index (κ2) is 36.6. The van der Waals surface area contributed by atoms with E-state index in [0.717, 1.165) is 85.2 Å². The molecule has 488 valence electrons. The molecule has 0 spiro atoms. The van der Waals surface area contributed by atoms with E-state index < -0.39 is 54.3 Å². The fourth-order valence-electron chi connectivity index (χ4n) is 8.90. The van der Waals surface area contributed by atoms with Crippen molar-refractivity contribution in [2.24, 2.45) is 11.7 Å². The van der Waals surface area contributed by atoms with Crippen molar-refractivity contribution < 1.29 is 79.2 Å². The first kappa shape index (κ1) is 74.5. The number of hydrogen-bond acceptors (Lipinski definition) is 16. The number of piperidine rings is 2. The summed E-state index contributed by atoms with van der Waals surface area (Å²) in [5.41, 5.74) is 10.2. The molecule has 9 rings (SSSR count). The minimum absolute atomic E-state index is 0. The highest BCUT2D eigenvalue weighted by Crippen LogP contribution is 2.30. The van der Waals surface area contributed by atoms with Crippen LogP contribution in [-0.2, 0) is 92.0 Å². The fraction of sp³-hybridized carbons (Fsp3) is 0.500. The number of Topliss-reactive ketones (excluding diaryl/α,β-unsaturated/α-hetero) is 3. The van der Waals surface area contributed by atoms with Crippen LogP contribution in [0.1, 0.15) is 120 Å². The summed E-state index contributed by atoms with van der Waals surface area (Å²) in [4.78, 5) is 95.9. The predicted octanol–water partition coefficient (Wildman–Crippen LogP) is 11.8. The molecule has 0 aliphatic carbocycles. The number of aliphatic carboxylic acids is 1. The summed E-state index contributed by atoms with van der Waals surface area (Å²) in [5, 5.41) is 12.2. The summed E-state index contributed by atoms with van der Waals surface area (Å²) < 4.78 is 92.7. The van der Waals surface area contributed by atoms with Crippen LogP contribution in [-0.4, -0.2) is 134 Å². The van der Waals surface area contributed by atoms with Crippen LogP contribution < -0.4 is 11.1 Å². The third kappa shape index (κ3) is 29.0. The Labute approximate surface area is 528 Å². The summed E-state index contributed by atoms with van der Waals surface area (Å²) in [6.45, 7) is 7.97. The van der Waals surface area contributed by atoms with Crippen LogP contribution in [0.3, 0.4) is 0 Å². The van der Waals surface area contributed by atoms with Gasteiger partial charge in [0, 0.05) is 133 Å². The number of hydrogen-bond donors (Lipinski definition) is 3. The molecule has 2 saturated heterocycles. The molecule has 4 aliphatic heterocycles. The molecule has 27 heteroatoms. The minimum Gasteiger partial charge on any atom is -0.481 e. The molecule has 3 aromatic carbocycles. The Morgan fingerprint density at radius 3 is 1.45 bits per heavy atom. The van der Waals surface area contributed by atoms with Gasteiger partial charge in [-0.25, -0.2) is 50.7 Å². The maximum Gasteiger partial charge on any atom is 0.410 e. The molecule has 0 bridgehead atoms. The molecular formula is C62H78ClF6N7O11S2. The van der Waals surface area contributed by atoms with Gasteiger partial charge in [-0.1, -0.05) is 91.0 Å². The third-order valence-electron chi connectivity index (χ3n) is 13.7. The van der Waals surface area contributed by atoms with Crippen molar-refractivity contribution in [2.45, 2.75) is 155 Å². The number of ketones is 3. The number of likely N-dealkylation sites (tertiary alicyclic amines) is 2. The molecule has 2 unspecified atom stereocenters. The minimum atomic E-state index is -2.90. The van der Waals surface area contributed by atoms with Gasteiger partial charge in [-0.05, 0) is 43.9 Å². The number of aryl methyl sites for hydroxylation is 2. The normalized spacial score (nSPS) is 16.3. The van der Waals surface area contributed by atoms with Gasteiger partial charge in [0.15, 0.2) is 5.78 Å². The number of carboxylic acid groups (broad SMARTS) is 1. The third-order valence-corrected chi connectivity index (χ3v) is 16.1. The molecular weight excluding hydrogens is 1230 g/mol. The number of benzene rings is 3. The van der Waals surface area contributed by atoms with Gasteiger partial charge in [-0.3, -0.25) is 19.2 Å². The number of ether oxygens (including phenoxy) is 3. The fourth-order valence-corrected chi connectivity index (χ4v) is 11.1. The molecule has 89 heavy (non-hydrogen) atoms. The Balaban J connectivity index is 0.000000252. The number of carboxylic acids is 1. The summed E-state index contributed by atoms with van der Waals surface area (Å²) in [5.74, 6) is -10.1. The quantitative estimate of drug-likeness (QED) is 0.0579. The van der Waals surface area contributed by atoms with E-state index in [-0.39, 0.29) is 114 Å². The first-order valence-electron chi connectivity index (χ1n) is 28.8. The van der Waals surface area contributed by atoms with Gasteiger partial charge in [0.2, 0.25) is 17.8 Å². The number of nitrogens with zero attached hydrogens (tertiary/aromatic N) is 5. The smallest absolute Gasteiger partial charge is 0.410 e. The van der Waals surface area contributed by atoms with E-state index >= 15 is 0 Å². The SMILES string of the molecule is CC(=O)O.CC(F)(F)CCC(=O)CC1CN(C(=O)OCc2ccccc2)CCC1=O.CC(F)(F)CCc1nc2c(s1)CCN(C(=O)OCc1ccccc1)C2.CC(F)(F)CCc1nc2c(s1)CCNC2.Cl.NC1CN(C(=O)OCc2ccccc2)CCC1=O. The first-order chi connectivity index (χ1) is 41.6. The lowest BCUT2D eigenvalue weighted by Gasteiger charge is -2.30. The molecule has 4 aliphatic rings. The van der Waals surface area contributed by atoms with Crippen LogP contribution in [0.15, 0.2) is 91.0 Å². The number of halogens is 7. The lowest BCUT2D eigenvalue weighted by Crippen LogP contribution is -2.51. The van der Waals surface area contributed by atoms with Crippen LogP contribution in [0, 0.1) is 5.92 Å². The molecule has 0 radical (unpaired) electrons. The van der Waals surface area contributed by atoms with Crippen molar-refractivity contribution in [3.63, 3.8) is 0 Å². The van der Waals surface area contributed by atoms with Crippen molar-refractivity contribution in [2.75, 3.05) is 39.3 Å². The van der Waals surface area contributed by atoms with Gasteiger partial charge in [0.25, 0.3) is 5.97 Å². The number of fused-ring (bicyclic) bond motifs is 2. The number of nitrogens with two attached hydrogens (primary N) is 1. The number of carbonyl (C=O) groups is 7. The monoisotopic (exact) mass is 1310 g/mol. The Morgan fingerprint density at radius 2 is 1.01 bits per heavy atom. The highest BCUT2D eigenvalue weighted by molar-refractivity contribution is 7.12. The van der Waals surface area contributed by atoms with Gasteiger partial charge in [0.05, 0.1) is 34.0 Å². The van der Waals surface area contributed by atoms with E-state index in [0.29, 0.717) is 43.9 Å². The summed E-state index contributed by atoms with van der Waals surface area (Å²) in [6.07, 6.45) is 0.217. The van der Waals surface area contributed by atoms with E-state index in [2.05, 4.69) is 15.3 Å². The number of thiazole rings is 2. The molecule has 5 aromatic rings. The maximum atomic E-state index is 13.0. The Bertz CT molecular complexity index is 3020. The standard InChI is InChI=1S/C19H23F2NO4.C18H20F2N2O2S.C13H16N2O3.C10H14F2N2S.C2H4O2.ClH/c1-19(20,21)9-7-16(23)11-15-12-22(10-8-17(15)24)18(25)26-13-14-5-3-2-4-6-14;1-18(19,20)9-7-16-21-14-11-22(10-8-15(14)25-16)17(23)24-12-13-5-3-2-4-6-13;14-11-8-15(7-6-12(11)16)13(17)18-9-10-4-2-1-3-5-10;1-10(11,12)4-2-9-14-7-6-13-5-3-8(7)15-9;1-2(3)4;/h2-6,15H,7-13H2,1H3;2-6H,7-12H2,1H3;1-5,11H,6-9,14H2;13H,2-6H2,1H3;1H3,(H,3,4);1H. The Kier molecular flexibility index (Phi) is 30.6. The largest absolute Gasteiger partial charge is 0.481 e. The number of amides is 3. The van der Waals surface area contributed by atoms with Crippen LogP contribution in [0.4, 0.5) is 40.7 Å².